The SMILES string of the molecule is Cc1c(C(=O)NCc2ccccn2)oc2c1/C(=N/NC(=O)c1cncc(Br)c1)CCC2. The van der Waals surface area contributed by atoms with Crippen LogP contribution in [-0.2, 0) is 13.0 Å². The molecule has 0 fully saturated rings. The molecule has 8 nitrogen and oxygen atoms in total. The minimum absolute atomic E-state index is 0.262. The van der Waals surface area contributed by atoms with Gasteiger partial charge in [0.25, 0.3) is 11.8 Å². The van der Waals surface area contributed by atoms with Gasteiger partial charge in [-0.1, -0.05) is 6.07 Å². The maximum absolute atomic E-state index is 12.7. The van der Waals surface area contributed by atoms with Gasteiger partial charge in [-0.25, -0.2) is 5.43 Å². The summed E-state index contributed by atoms with van der Waals surface area (Å²) >= 11 is 3.30. The predicted octanol–water partition coefficient (Wildman–Crippen LogP) is 3.54. The molecule has 2 N–H and O–H groups in total. The normalized spacial score (nSPS) is 14.2. The highest BCUT2D eigenvalue weighted by Gasteiger charge is 2.28. The Balaban J connectivity index is 1.51. The second kappa shape index (κ2) is 9.22. The van der Waals surface area contributed by atoms with Crippen molar-refractivity contribution in [3.05, 3.63) is 81.2 Å². The number of nitrogens with zero attached hydrogens (tertiary/aromatic N) is 3. The molecule has 0 atom stereocenters. The van der Waals surface area contributed by atoms with Gasteiger partial charge in [0.15, 0.2) is 5.76 Å². The zero-order valence-electron chi connectivity index (χ0n) is 16.8. The standard InChI is InChI=1S/C22H20BrN5O3/c1-13-19-17(27-28-21(29)14-9-15(23)11-24-10-14)6-4-7-18(19)31-20(13)22(30)26-12-16-5-2-3-8-25-16/h2-3,5,8-11H,4,6-7,12H2,1H3,(H,26,30)(H,28,29)/b27-17+. The molecule has 0 spiro atoms. The molecule has 0 saturated carbocycles. The summed E-state index contributed by atoms with van der Waals surface area (Å²) in [6.07, 6.45) is 6.97. The van der Waals surface area contributed by atoms with Gasteiger partial charge in [0.1, 0.15) is 5.76 Å². The van der Waals surface area contributed by atoms with E-state index in [0.29, 0.717) is 46.5 Å². The van der Waals surface area contributed by atoms with Gasteiger partial charge in [-0.3, -0.25) is 19.6 Å². The maximum atomic E-state index is 12.7. The van der Waals surface area contributed by atoms with Crippen molar-refractivity contribution in [1.29, 1.82) is 0 Å². The second-order valence-corrected chi connectivity index (χ2v) is 8.02. The van der Waals surface area contributed by atoms with Crippen molar-refractivity contribution in [1.82, 2.24) is 20.7 Å². The zero-order chi connectivity index (χ0) is 21.8. The van der Waals surface area contributed by atoms with Crippen LogP contribution >= 0.6 is 15.9 Å². The Morgan fingerprint density at radius 3 is 2.87 bits per heavy atom. The molecule has 9 heteroatoms. The van der Waals surface area contributed by atoms with Gasteiger partial charge in [-0.05, 0) is 53.9 Å². The number of furan rings is 1. The highest BCUT2D eigenvalue weighted by atomic mass is 79.9. The Kier molecular flexibility index (Phi) is 6.22. The van der Waals surface area contributed by atoms with Crippen LogP contribution in [0.15, 0.2) is 56.8 Å². The molecule has 2 amide bonds. The molecule has 0 bridgehead atoms. The third-order valence-corrected chi connectivity index (χ3v) is 5.38. The van der Waals surface area contributed by atoms with Gasteiger partial charge in [-0.15, -0.1) is 0 Å². The van der Waals surface area contributed by atoms with Crippen LogP contribution in [0.2, 0.25) is 0 Å². The minimum Gasteiger partial charge on any atom is -0.455 e. The molecule has 0 radical (unpaired) electrons. The lowest BCUT2D eigenvalue weighted by atomic mass is 9.93. The third kappa shape index (κ3) is 4.72. The van der Waals surface area contributed by atoms with Gasteiger partial charge >= 0.3 is 0 Å². The van der Waals surface area contributed by atoms with Crippen molar-refractivity contribution in [3.8, 4) is 0 Å². The molecule has 3 aromatic rings. The van der Waals surface area contributed by atoms with Gasteiger partial charge in [0.2, 0.25) is 0 Å². The van der Waals surface area contributed by atoms with Crippen molar-refractivity contribution in [2.24, 2.45) is 5.10 Å². The van der Waals surface area contributed by atoms with Crippen LogP contribution in [-0.4, -0.2) is 27.5 Å². The van der Waals surface area contributed by atoms with E-state index in [1.54, 1.807) is 18.5 Å². The van der Waals surface area contributed by atoms with Crippen LogP contribution in [0.5, 0.6) is 0 Å². The number of aromatic nitrogens is 2. The Bertz CT molecular complexity index is 1160. The third-order valence-electron chi connectivity index (χ3n) is 4.95. The molecule has 3 heterocycles. The number of carbonyl (C=O) groups excluding carboxylic acids is 2. The molecule has 31 heavy (non-hydrogen) atoms. The number of fused-ring (bicyclic) bond motifs is 1. The molecular weight excluding hydrogens is 462 g/mol. The number of halogens is 1. The molecular formula is C22H20BrN5O3. The van der Waals surface area contributed by atoms with Crippen molar-refractivity contribution in [3.63, 3.8) is 0 Å². The van der Waals surface area contributed by atoms with E-state index >= 15 is 0 Å². The van der Waals surface area contributed by atoms with Crippen LogP contribution < -0.4 is 10.7 Å². The predicted molar refractivity (Wildman–Crippen MR) is 118 cm³/mol. The first-order valence-electron chi connectivity index (χ1n) is 9.81. The monoisotopic (exact) mass is 481 g/mol. The molecule has 3 aromatic heterocycles. The number of nitrogens with one attached hydrogen (secondary N) is 2. The lowest BCUT2D eigenvalue weighted by Gasteiger charge is -2.13. The molecule has 158 valence electrons. The van der Waals surface area contributed by atoms with E-state index < -0.39 is 0 Å². The van der Waals surface area contributed by atoms with Gasteiger partial charge < -0.3 is 9.73 Å². The first-order chi connectivity index (χ1) is 15.0. The molecule has 1 aliphatic carbocycles. The van der Waals surface area contributed by atoms with E-state index in [4.69, 9.17) is 4.42 Å². The summed E-state index contributed by atoms with van der Waals surface area (Å²) in [5.74, 6) is 0.311. The van der Waals surface area contributed by atoms with Gasteiger partial charge in [0.05, 0.1) is 23.5 Å². The summed E-state index contributed by atoms with van der Waals surface area (Å²) in [4.78, 5) is 33.3. The summed E-state index contributed by atoms with van der Waals surface area (Å²) in [5, 5.41) is 7.17. The summed E-state index contributed by atoms with van der Waals surface area (Å²) in [6, 6.07) is 7.20. The fourth-order valence-electron chi connectivity index (χ4n) is 3.47. The molecule has 0 aromatic carbocycles. The average Bonchev–Trinajstić information content (AvgIpc) is 3.13. The first kappa shape index (κ1) is 20.9. The number of aryl methyl sites for hydroxylation is 1. The second-order valence-electron chi connectivity index (χ2n) is 7.10. The average molecular weight is 482 g/mol. The molecule has 4 rings (SSSR count). The van der Waals surface area contributed by atoms with Crippen molar-refractivity contribution in [2.75, 3.05) is 0 Å². The molecule has 0 saturated heterocycles. The smallest absolute Gasteiger partial charge is 0.287 e. The van der Waals surface area contributed by atoms with Gasteiger partial charge in [0, 0.05) is 40.6 Å². The lowest BCUT2D eigenvalue weighted by molar-refractivity contribution is 0.0918. The number of hydrazone groups is 1. The number of rotatable bonds is 5. The number of hydrogen-bond donors (Lipinski definition) is 2. The number of amides is 2. The topological polar surface area (TPSA) is 109 Å². The fourth-order valence-corrected chi connectivity index (χ4v) is 3.83. The van der Waals surface area contributed by atoms with Crippen LogP contribution in [0.3, 0.4) is 0 Å². The Labute approximate surface area is 187 Å². The first-order valence-corrected chi connectivity index (χ1v) is 10.6. The zero-order valence-corrected chi connectivity index (χ0v) is 18.4. The maximum Gasteiger partial charge on any atom is 0.287 e. The van der Waals surface area contributed by atoms with E-state index in [1.165, 1.54) is 6.20 Å². The van der Waals surface area contributed by atoms with E-state index in [0.717, 1.165) is 17.7 Å². The Hall–Kier alpha value is -3.33. The quantitative estimate of drug-likeness (QED) is 0.541. The van der Waals surface area contributed by atoms with E-state index in [9.17, 15) is 9.59 Å². The van der Waals surface area contributed by atoms with Crippen LogP contribution in [0.1, 0.15) is 56.3 Å². The lowest BCUT2D eigenvalue weighted by Crippen LogP contribution is -2.24. The van der Waals surface area contributed by atoms with E-state index in [2.05, 4.69) is 41.7 Å². The minimum atomic E-state index is -0.358. The van der Waals surface area contributed by atoms with Crippen LogP contribution in [0.25, 0.3) is 0 Å². The van der Waals surface area contributed by atoms with Crippen molar-refractivity contribution < 1.29 is 14.0 Å². The summed E-state index contributed by atoms with van der Waals surface area (Å²) in [7, 11) is 0. The van der Waals surface area contributed by atoms with Crippen LogP contribution in [0, 0.1) is 6.92 Å². The van der Waals surface area contributed by atoms with E-state index in [-0.39, 0.29) is 17.6 Å². The molecule has 0 aliphatic heterocycles. The summed E-state index contributed by atoms with van der Waals surface area (Å²) in [6.45, 7) is 2.14. The van der Waals surface area contributed by atoms with Crippen LogP contribution in [0.4, 0.5) is 0 Å². The Morgan fingerprint density at radius 2 is 2.10 bits per heavy atom. The Morgan fingerprint density at radius 1 is 1.23 bits per heavy atom. The summed E-state index contributed by atoms with van der Waals surface area (Å²) in [5.41, 5.74) is 5.95. The number of carbonyl (C=O) groups is 2. The highest BCUT2D eigenvalue weighted by Crippen LogP contribution is 2.30. The fraction of sp³-hybridized carbons (Fsp3) is 0.227. The van der Waals surface area contributed by atoms with Crippen molar-refractivity contribution >= 4 is 33.5 Å². The number of pyridine rings is 2. The summed E-state index contributed by atoms with van der Waals surface area (Å²) < 4.78 is 6.59. The molecule has 1 aliphatic rings. The van der Waals surface area contributed by atoms with E-state index in [1.807, 2.05) is 25.1 Å². The molecule has 0 unspecified atom stereocenters. The van der Waals surface area contributed by atoms with Gasteiger partial charge in [-0.2, -0.15) is 5.10 Å². The van der Waals surface area contributed by atoms with Crippen molar-refractivity contribution in [2.45, 2.75) is 32.7 Å². The largest absolute Gasteiger partial charge is 0.455 e. The number of hydrogen-bond acceptors (Lipinski definition) is 6. The highest BCUT2D eigenvalue weighted by molar-refractivity contribution is 9.10.